The molecule has 0 saturated heterocycles. The highest BCUT2D eigenvalue weighted by atomic mass is 32.1. The minimum absolute atomic E-state index is 0.553. The third-order valence-electron chi connectivity index (χ3n) is 3.49. The summed E-state index contributed by atoms with van der Waals surface area (Å²) < 4.78 is 0. The van der Waals surface area contributed by atoms with Gasteiger partial charge in [0.05, 0.1) is 0 Å². The van der Waals surface area contributed by atoms with Crippen molar-refractivity contribution in [2.45, 2.75) is 51.5 Å². The van der Waals surface area contributed by atoms with Crippen LogP contribution in [0.1, 0.15) is 51.0 Å². The van der Waals surface area contributed by atoms with E-state index in [0.29, 0.717) is 6.04 Å². The van der Waals surface area contributed by atoms with Crippen molar-refractivity contribution in [2.24, 2.45) is 4.99 Å². The maximum absolute atomic E-state index is 5.48. The molecule has 0 aromatic heterocycles. The van der Waals surface area contributed by atoms with E-state index in [-0.39, 0.29) is 0 Å². The number of nitrogens with zero attached hydrogens (tertiary/aromatic N) is 1. The fourth-order valence-corrected chi connectivity index (χ4v) is 2.87. The van der Waals surface area contributed by atoms with Crippen LogP contribution in [0.3, 0.4) is 0 Å². The summed E-state index contributed by atoms with van der Waals surface area (Å²) >= 11 is 5.48. The predicted molar refractivity (Wildman–Crippen MR) is 82.7 cm³/mol. The largest absolute Gasteiger partial charge is 0.291 e. The monoisotopic (exact) mass is 259 g/mol. The Morgan fingerprint density at radius 2 is 1.83 bits per heavy atom. The molecule has 18 heavy (non-hydrogen) atoms. The summed E-state index contributed by atoms with van der Waals surface area (Å²) in [5.74, 6) is 0. The number of hydrogen-bond acceptors (Lipinski definition) is 2. The van der Waals surface area contributed by atoms with Crippen molar-refractivity contribution in [1.29, 1.82) is 0 Å². The summed E-state index contributed by atoms with van der Waals surface area (Å²) in [4.78, 5) is 5.84. The predicted octanol–water partition coefficient (Wildman–Crippen LogP) is 4.59. The van der Waals surface area contributed by atoms with Gasteiger partial charge in [0.15, 0.2) is 0 Å². The van der Waals surface area contributed by atoms with Crippen molar-refractivity contribution in [3.8, 4) is 0 Å². The lowest BCUT2D eigenvalue weighted by Crippen LogP contribution is -2.13. The lowest BCUT2D eigenvalue weighted by atomic mass is 9.96. The van der Waals surface area contributed by atoms with E-state index in [9.17, 15) is 0 Å². The maximum Gasteiger partial charge on any atom is 0.0499 e. The molecule has 1 aliphatic carbocycles. The van der Waals surface area contributed by atoms with Crippen molar-refractivity contribution in [3.05, 3.63) is 35.9 Å². The van der Waals surface area contributed by atoms with Crippen LogP contribution in [0.2, 0.25) is 0 Å². The van der Waals surface area contributed by atoms with Crippen LogP contribution in [0, 0.1) is 0 Å². The van der Waals surface area contributed by atoms with Crippen LogP contribution in [0.25, 0.3) is 0 Å². The SMILES string of the molecule is CC(CC(=S)c1ccccc1)=NC1CCCCC1. The molecule has 0 spiro atoms. The zero-order valence-electron chi connectivity index (χ0n) is 11.1. The molecule has 0 unspecified atom stereocenters. The van der Waals surface area contributed by atoms with Gasteiger partial charge in [-0.05, 0) is 25.3 Å². The number of rotatable bonds is 4. The molecule has 0 bridgehead atoms. The second kappa shape index (κ2) is 6.79. The van der Waals surface area contributed by atoms with Gasteiger partial charge in [0.2, 0.25) is 0 Å². The van der Waals surface area contributed by atoms with Gasteiger partial charge in [-0.25, -0.2) is 0 Å². The Balaban J connectivity index is 1.92. The van der Waals surface area contributed by atoms with Crippen molar-refractivity contribution in [2.75, 3.05) is 0 Å². The van der Waals surface area contributed by atoms with Gasteiger partial charge in [0, 0.05) is 23.0 Å². The summed E-state index contributed by atoms with van der Waals surface area (Å²) in [7, 11) is 0. The standard InChI is InChI=1S/C16H21NS/c1-13(17-15-10-6-3-7-11-15)12-16(18)14-8-4-2-5-9-14/h2,4-5,8-9,15H,3,6-7,10-12H2,1H3. The van der Waals surface area contributed by atoms with Crippen molar-refractivity contribution < 1.29 is 0 Å². The molecular weight excluding hydrogens is 238 g/mol. The van der Waals surface area contributed by atoms with E-state index in [1.807, 2.05) is 18.2 Å². The van der Waals surface area contributed by atoms with Crippen molar-refractivity contribution >= 4 is 22.8 Å². The first kappa shape index (κ1) is 13.4. The summed E-state index contributed by atoms with van der Waals surface area (Å²) in [6.45, 7) is 2.11. The minimum Gasteiger partial charge on any atom is -0.291 e. The van der Waals surface area contributed by atoms with Crippen LogP contribution in [0.5, 0.6) is 0 Å². The Morgan fingerprint density at radius 3 is 2.50 bits per heavy atom. The normalized spacial score (nSPS) is 17.7. The highest BCUT2D eigenvalue weighted by Gasteiger charge is 2.12. The quantitative estimate of drug-likeness (QED) is 0.438. The fraction of sp³-hybridized carbons (Fsp3) is 0.500. The van der Waals surface area contributed by atoms with E-state index in [4.69, 9.17) is 17.2 Å². The third-order valence-corrected chi connectivity index (χ3v) is 3.87. The molecule has 1 fully saturated rings. The first-order chi connectivity index (χ1) is 8.75. The molecule has 0 N–H and O–H groups in total. The molecule has 2 heteroatoms. The summed E-state index contributed by atoms with van der Waals surface area (Å²) in [6, 6.07) is 10.8. The summed E-state index contributed by atoms with van der Waals surface area (Å²) in [5.41, 5.74) is 2.35. The maximum atomic E-state index is 5.48. The van der Waals surface area contributed by atoms with E-state index in [1.54, 1.807) is 0 Å². The topological polar surface area (TPSA) is 12.4 Å². The van der Waals surface area contributed by atoms with E-state index >= 15 is 0 Å². The van der Waals surface area contributed by atoms with Crippen molar-refractivity contribution in [1.82, 2.24) is 0 Å². The Morgan fingerprint density at radius 1 is 1.17 bits per heavy atom. The van der Waals surface area contributed by atoms with Crippen molar-refractivity contribution in [3.63, 3.8) is 0 Å². The molecule has 1 aliphatic rings. The number of aliphatic imine (C=N–C) groups is 1. The van der Waals surface area contributed by atoms with Crippen LogP contribution >= 0.6 is 12.2 Å². The van der Waals surface area contributed by atoms with Crippen LogP contribution in [-0.4, -0.2) is 16.6 Å². The molecular formula is C16H21NS. The fourth-order valence-electron chi connectivity index (χ4n) is 2.53. The third kappa shape index (κ3) is 4.02. The first-order valence-corrected chi connectivity index (χ1v) is 7.28. The summed E-state index contributed by atoms with van der Waals surface area (Å²) in [5, 5.41) is 0. The van der Waals surface area contributed by atoms with E-state index < -0.39 is 0 Å². The smallest absolute Gasteiger partial charge is 0.0499 e. The summed E-state index contributed by atoms with van der Waals surface area (Å²) in [6.07, 6.45) is 7.41. The molecule has 1 saturated carbocycles. The van der Waals surface area contributed by atoms with Gasteiger partial charge in [-0.3, -0.25) is 4.99 Å². The lowest BCUT2D eigenvalue weighted by Gasteiger charge is -2.18. The van der Waals surface area contributed by atoms with Gasteiger partial charge in [-0.15, -0.1) is 0 Å². The molecule has 1 nitrogen and oxygen atoms in total. The van der Waals surface area contributed by atoms with Crippen LogP contribution in [0.15, 0.2) is 35.3 Å². The molecule has 96 valence electrons. The zero-order chi connectivity index (χ0) is 12.8. The van der Waals surface area contributed by atoms with E-state index in [2.05, 4.69) is 19.1 Å². The van der Waals surface area contributed by atoms with Crippen LogP contribution in [0.4, 0.5) is 0 Å². The molecule has 0 amide bonds. The molecule has 0 aliphatic heterocycles. The average molecular weight is 259 g/mol. The Labute approximate surface area is 115 Å². The first-order valence-electron chi connectivity index (χ1n) is 6.87. The Kier molecular flexibility index (Phi) is 5.06. The Hall–Kier alpha value is -1.02. The highest BCUT2D eigenvalue weighted by molar-refractivity contribution is 7.80. The number of hydrogen-bond donors (Lipinski definition) is 0. The van der Waals surface area contributed by atoms with Crippen LogP contribution < -0.4 is 0 Å². The number of thiocarbonyl (C=S) groups is 1. The second-order valence-corrected chi connectivity index (χ2v) is 5.61. The van der Waals surface area contributed by atoms with Gasteiger partial charge in [-0.2, -0.15) is 0 Å². The number of benzene rings is 1. The minimum atomic E-state index is 0.553. The molecule has 1 aromatic carbocycles. The molecule has 2 rings (SSSR count). The van der Waals surface area contributed by atoms with Crippen LogP contribution in [-0.2, 0) is 0 Å². The second-order valence-electron chi connectivity index (χ2n) is 5.12. The van der Waals surface area contributed by atoms with Gasteiger partial charge in [0.25, 0.3) is 0 Å². The Bertz CT molecular complexity index is 416. The molecule has 1 aromatic rings. The van der Waals surface area contributed by atoms with E-state index in [1.165, 1.54) is 37.8 Å². The van der Waals surface area contributed by atoms with Gasteiger partial charge in [-0.1, -0.05) is 61.8 Å². The van der Waals surface area contributed by atoms with E-state index in [0.717, 1.165) is 16.8 Å². The molecule has 0 heterocycles. The van der Waals surface area contributed by atoms with Gasteiger partial charge in [0.1, 0.15) is 0 Å². The average Bonchev–Trinajstić information content (AvgIpc) is 2.40. The zero-order valence-corrected chi connectivity index (χ0v) is 11.9. The van der Waals surface area contributed by atoms with Gasteiger partial charge >= 0.3 is 0 Å². The molecule has 0 atom stereocenters. The lowest BCUT2D eigenvalue weighted by molar-refractivity contribution is 0.443. The highest BCUT2D eigenvalue weighted by Crippen LogP contribution is 2.20. The van der Waals surface area contributed by atoms with Gasteiger partial charge < -0.3 is 0 Å². The molecule has 0 radical (unpaired) electrons.